The second-order valence-corrected chi connectivity index (χ2v) is 7.51. The van der Waals surface area contributed by atoms with E-state index in [9.17, 15) is 14.4 Å². The van der Waals surface area contributed by atoms with Gasteiger partial charge in [0.1, 0.15) is 19.3 Å². The van der Waals surface area contributed by atoms with Crippen LogP contribution in [0, 0.1) is 0 Å². The lowest BCUT2D eigenvalue weighted by atomic mass is 9.96. The Morgan fingerprint density at radius 1 is 0.906 bits per heavy atom. The predicted octanol–water partition coefficient (Wildman–Crippen LogP) is 3.65. The van der Waals surface area contributed by atoms with E-state index in [2.05, 4.69) is 5.32 Å². The highest BCUT2D eigenvalue weighted by atomic mass is 16.6. The molecule has 0 spiro atoms. The van der Waals surface area contributed by atoms with Gasteiger partial charge in [0.25, 0.3) is 0 Å². The lowest BCUT2D eigenvalue weighted by Gasteiger charge is -2.39. The maximum atomic E-state index is 12.9. The number of piperidine rings is 1. The summed E-state index contributed by atoms with van der Waals surface area (Å²) in [6.45, 7) is 0.371. The van der Waals surface area contributed by atoms with Gasteiger partial charge >= 0.3 is 18.2 Å². The second kappa shape index (κ2) is 11.7. The topological polar surface area (TPSA) is 94.2 Å². The summed E-state index contributed by atoms with van der Waals surface area (Å²) in [7, 11) is 1.29. The Bertz CT molecular complexity index is 890. The molecule has 0 radical (unpaired) electrons. The normalized spacial score (nSPS) is 17.8. The van der Waals surface area contributed by atoms with E-state index < -0.39 is 30.2 Å². The third kappa shape index (κ3) is 6.47. The fourth-order valence-corrected chi connectivity index (χ4v) is 3.69. The first kappa shape index (κ1) is 23.1. The van der Waals surface area contributed by atoms with Gasteiger partial charge in [-0.3, -0.25) is 4.90 Å². The highest BCUT2D eigenvalue weighted by Crippen LogP contribution is 2.25. The summed E-state index contributed by atoms with van der Waals surface area (Å²) in [6, 6.07) is 17.5. The molecule has 3 rings (SSSR count). The van der Waals surface area contributed by atoms with Crippen molar-refractivity contribution in [3.05, 3.63) is 71.8 Å². The summed E-state index contributed by atoms with van der Waals surface area (Å²) in [4.78, 5) is 38.8. The highest BCUT2D eigenvalue weighted by molar-refractivity contribution is 5.82. The first-order valence-corrected chi connectivity index (χ1v) is 10.6. The number of carbonyl (C=O) groups excluding carboxylic acids is 3. The van der Waals surface area contributed by atoms with Crippen molar-refractivity contribution in [2.45, 2.75) is 44.6 Å². The molecule has 1 aliphatic rings. The molecule has 0 bridgehead atoms. The molecule has 0 unspecified atom stereocenters. The highest BCUT2D eigenvalue weighted by Gasteiger charge is 2.40. The molecule has 0 aliphatic carbocycles. The van der Waals surface area contributed by atoms with Crippen LogP contribution in [-0.2, 0) is 32.2 Å². The van der Waals surface area contributed by atoms with Gasteiger partial charge in [-0.25, -0.2) is 14.4 Å². The number of benzene rings is 2. The molecular weight excluding hydrogens is 412 g/mol. The van der Waals surface area contributed by atoms with Crippen molar-refractivity contribution >= 4 is 18.2 Å². The van der Waals surface area contributed by atoms with Crippen LogP contribution < -0.4 is 5.32 Å². The zero-order valence-electron chi connectivity index (χ0n) is 18.1. The molecule has 2 aromatic carbocycles. The molecule has 8 nitrogen and oxygen atoms in total. The van der Waals surface area contributed by atoms with Crippen molar-refractivity contribution in [2.75, 3.05) is 13.7 Å². The molecule has 170 valence electrons. The van der Waals surface area contributed by atoms with Gasteiger partial charge in [-0.1, -0.05) is 60.7 Å². The third-order valence-electron chi connectivity index (χ3n) is 5.33. The average molecular weight is 440 g/mol. The quantitative estimate of drug-likeness (QED) is 0.522. The van der Waals surface area contributed by atoms with Crippen molar-refractivity contribution in [1.29, 1.82) is 0 Å². The van der Waals surface area contributed by atoms with E-state index in [4.69, 9.17) is 14.2 Å². The van der Waals surface area contributed by atoms with Gasteiger partial charge in [0, 0.05) is 6.54 Å². The first-order chi connectivity index (χ1) is 15.6. The smallest absolute Gasteiger partial charge is 0.411 e. The van der Waals surface area contributed by atoms with Crippen LogP contribution in [0.25, 0.3) is 0 Å². The molecule has 2 aromatic rings. The number of nitrogens with one attached hydrogen (secondary N) is 1. The van der Waals surface area contributed by atoms with Crippen LogP contribution >= 0.6 is 0 Å². The van der Waals surface area contributed by atoms with Crippen LogP contribution in [0.2, 0.25) is 0 Å². The molecule has 0 aromatic heterocycles. The number of likely N-dealkylation sites (tertiary alicyclic amines) is 1. The van der Waals surface area contributed by atoms with E-state index in [1.165, 1.54) is 12.0 Å². The Morgan fingerprint density at radius 2 is 1.50 bits per heavy atom. The van der Waals surface area contributed by atoms with Gasteiger partial charge in [0.15, 0.2) is 0 Å². The van der Waals surface area contributed by atoms with Gasteiger partial charge in [-0.05, 0) is 30.4 Å². The van der Waals surface area contributed by atoms with Gasteiger partial charge in [0.2, 0.25) is 0 Å². The fourth-order valence-electron chi connectivity index (χ4n) is 3.69. The molecule has 1 fully saturated rings. The van der Waals surface area contributed by atoms with Crippen molar-refractivity contribution in [2.24, 2.45) is 0 Å². The number of methoxy groups -OCH3 is 1. The maximum absolute atomic E-state index is 12.9. The van der Waals surface area contributed by atoms with E-state index in [0.717, 1.165) is 11.1 Å². The summed E-state index contributed by atoms with van der Waals surface area (Å²) in [5.74, 6) is -0.502. The van der Waals surface area contributed by atoms with Crippen molar-refractivity contribution in [3.63, 3.8) is 0 Å². The number of nitrogens with zero attached hydrogens (tertiary/aromatic N) is 1. The number of esters is 1. The standard InChI is InChI=1S/C24H28N2O6/c1-30-22(27)21-14-8-13-20(15-25-23(28)31-16-18-9-4-2-5-10-18)26(21)24(29)32-17-19-11-6-3-7-12-19/h2-7,9-12,20-21H,8,13-17H2,1H3,(H,25,28)/t20-,21+/m0/s1. The summed E-state index contributed by atoms with van der Waals surface area (Å²) >= 11 is 0. The molecule has 2 atom stereocenters. The van der Waals surface area contributed by atoms with Gasteiger partial charge in [-0.15, -0.1) is 0 Å². The number of ether oxygens (including phenoxy) is 3. The van der Waals surface area contributed by atoms with Crippen molar-refractivity contribution in [1.82, 2.24) is 10.2 Å². The number of hydrogen-bond acceptors (Lipinski definition) is 6. The Labute approximate surface area is 187 Å². The Hall–Kier alpha value is -3.55. The largest absolute Gasteiger partial charge is 0.467 e. The molecular formula is C24H28N2O6. The second-order valence-electron chi connectivity index (χ2n) is 7.51. The molecule has 1 aliphatic heterocycles. The zero-order valence-corrected chi connectivity index (χ0v) is 18.1. The maximum Gasteiger partial charge on any atom is 0.411 e. The minimum atomic E-state index is -0.760. The molecule has 1 N–H and O–H groups in total. The minimum Gasteiger partial charge on any atom is -0.467 e. The number of amides is 2. The van der Waals surface area contributed by atoms with Crippen LogP contribution in [0.4, 0.5) is 9.59 Å². The van der Waals surface area contributed by atoms with Crippen molar-refractivity contribution in [3.8, 4) is 0 Å². The fraction of sp³-hybridized carbons (Fsp3) is 0.375. The van der Waals surface area contributed by atoms with Crippen LogP contribution in [0.1, 0.15) is 30.4 Å². The molecule has 2 amide bonds. The van der Waals surface area contributed by atoms with Gasteiger partial charge in [0.05, 0.1) is 13.2 Å². The molecule has 1 saturated heterocycles. The lowest BCUT2D eigenvalue weighted by molar-refractivity contribution is -0.148. The van der Waals surface area contributed by atoms with Crippen LogP contribution in [0.5, 0.6) is 0 Å². The first-order valence-electron chi connectivity index (χ1n) is 10.6. The Balaban J connectivity index is 1.60. The molecule has 1 heterocycles. The van der Waals surface area contributed by atoms with Crippen LogP contribution in [0.15, 0.2) is 60.7 Å². The summed E-state index contributed by atoms with van der Waals surface area (Å²) < 4.78 is 15.6. The lowest BCUT2D eigenvalue weighted by Crippen LogP contribution is -2.57. The van der Waals surface area contributed by atoms with E-state index in [1.54, 1.807) is 0 Å². The Morgan fingerprint density at radius 3 is 2.09 bits per heavy atom. The number of alkyl carbamates (subject to hydrolysis) is 1. The average Bonchev–Trinajstić information content (AvgIpc) is 2.85. The van der Waals surface area contributed by atoms with Gasteiger partial charge in [-0.2, -0.15) is 0 Å². The zero-order chi connectivity index (χ0) is 22.8. The predicted molar refractivity (Wildman–Crippen MR) is 117 cm³/mol. The van der Waals surface area contributed by atoms with E-state index in [0.29, 0.717) is 19.3 Å². The van der Waals surface area contributed by atoms with E-state index >= 15 is 0 Å². The molecule has 32 heavy (non-hydrogen) atoms. The monoisotopic (exact) mass is 440 g/mol. The number of hydrogen-bond donors (Lipinski definition) is 1. The summed E-state index contributed by atoms with van der Waals surface area (Å²) in [6.07, 6.45) is 0.600. The van der Waals surface area contributed by atoms with E-state index in [-0.39, 0.29) is 19.8 Å². The SMILES string of the molecule is COC(=O)[C@H]1CCC[C@@H](CNC(=O)OCc2ccccc2)N1C(=O)OCc1ccccc1. The Kier molecular flexibility index (Phi) is 8.48. The van der Waals surface area contributed by atoms with Gasteiger partial charge < -0.3 is 19.5 Å². The summed E-state index contributed by atoms with van der Waals surface area (Å²) in [5.41, 5.74) is 1.71. The minimum absolute atomic E-state index is 0.0866. The van der Waals surface area contributed by atoms with Crippen molar-refractivity contribution < 1.29 is 28.6 Å². The molecule has 0 saturated carbocycles. The number of carbonyl (C=O) groups is 3. The number of rotatable bonds is 7. The molecule has 8 heteroatoms. The van der Waals surface area contributed by atoms with E-state index in [1.807, 2.05) is 60.7 Å². The summed E-state index contributed by atoms with van der Waals surface area (Å²) in [5, 5.41) is 2.70. The van der Waals surface area contributed by atoms with Crippen LogP contribution in [-0.4, -0.2) is 48.8 Å². The third-order valence-corrected chi connectivity index (χ3v) is 5.33. The van der Waals surface area contributed by atoms with Crippen LogP contribution in [0.3, 0.4) is 0 Å².